The molecule has 4 bridgehead atoms. The van der Waals surface area contributed by atoms with Gasteiger partial charge < -0.3 is 43.3 Å². The van der Waals surface area contributed by atoms with Crippen molar-refractivity contribution in [3.63, 3.8) is 0 Å². The predicted octanol–water partition coefficient (Wildman–Crippen LogP) is 4.13. The maximum Gasteiger partial charge on any atom is 0.410 e. The minimum Gasteiger partial charge on any atom is -0.458 e. The Morgan fingerprint density at radius 3 is 2.58 bits per heavy atom. The third-order valence-electron chi connectivity index (χ3n) is 13.7. The number of aliphatic hydroxyl groups excluding tert-OH is 1. The average Bonchev–Trinajstić information content (AvgIpc) is 3.63. The number of nitrogens with zero attached hydrogens (tertiary/aromatic N) is 7. The Morgan fingerprint density at radius 2 is 1.85 bits per heavy atom. The second kappa shape index (κ2) is 17.6. The molecular formula is C43H65N7O10. The lowest BCUT2D eigenvalue weighted by atomic mass is 9.72. The molecule has 1 aromatic carbocycles. The zero-order chi connectivity index (χ0) is 43.3. The standard InChI is InChI=1S/C43H65N7O10/c1-12-33-43(8)37-25(4)34(44-15-16-50(37)41(53)60-43)23(2)19-42(7)38(59-40-35(51)32(48(9)10)17-24(3)57-40)26(5)36(27(6)39(52)58-33)54-21-29(22-55-42)46-56-20-28-13-14-31-30(18-28)45-47-49(31)11/h13-14,18,23-27,32-33,35-38,40,51H,12,15-17,19-22H2,1-11H3/t23-,24+,25+,26+,27+,32-,33-,35+,36+,37-,38-,40-,42-,43-/m1/s1. The Hall–Kier alpha value is -3.74. The number of carbonyl (C=O) groups is 2. The Balaban J connectivity index is 1.29. The fourth-order valence-corrected chi connectivity index (χ4v) is 10.6. The quantitative estimate of drug-likeness (QED) is 0.311. The number of carbonyl (C=O) groups excluding carboxylic acids is 2. The van der Waals surface area contributed by atoms with E-state index in [1.165, 1.54) is 0 Å². The molecule has 0 unspecified atom stereocenters. The lowest BCUT2D eigenvalue weighted by Gasteiger charge is -2.48. The van der Waals surface area contributed by atoms with Gasteiger partial charge in [0.2, 0.25) is 0 Å². The first-order valence-corrected chi connectivity index (χ1v) is 21.6. The smallest absolute Gasteiger partial charge is 0.410 e. The van der Waals surface area contributed by atoms with Gasteiger partial charge in [0.05, 0.1) is 61.1 Å². The van der Waals surface area contributed by atoms with Crippen LogP contribution in [0.3, 0.4) is 0 Å². The molecule has 0 saturated carbocycles. The van der Waals surface area contributed by atoms with E-state index in [0.29, 0.717) is 38.1 Å². The number of aliphatic hydroxyl groups is 1. The molecule has 60 heavy (non-hydrogen) atoms. The number of aromatic nitrogens is 3. The van der Waals surface area contributed by atoms with Crippen molar-refractivity contribution in [3.8, 4) is 0 Å². The molecule has 0 aliphatic carbocycles. The molecule has 1 amide bonds. The summed E-state index contributed by atoms with van der Waals surface area (Å²) < 4.78 is 41.6. The van der Waals surface area contributed by atoms with Gasteiger partial charge in [0, 0.05) is 37.2 Å². The maximum absolute atomic E-state index is 14.5. The minimum atomic E-state index is -1.14. The summed E-state index contributed by atoms with van der Waals surface area (Å²) in [5.41, 5.74) is 1.66. The number of likely N-dealkylation sites (N-methyl/N-ethyl adjacent to an activating group) is 1. The van der Waals surface area contributed by atoms with E-state index in [-0.39, 0.29) is 43.8 Å². The van der Waals surface area contributed by atoms with Crippen molar-refractivity contribution in [1.82, 2.24) is 24.8 Å². The molecule has 0 spiro atoms. The van der Waals surface area contributed by atoms with Crippen LogP contribution in [0.1, 0.15) is 80.2 Å². The zero-order valence-electron chi connectivity index (χ0n) is 37.1. The molecule has 5 aliphatic heterocycles. The van der Waals surface area contributed by atoms with Crippen LogP contribution in [0.2, 0.25) is 0 Å². The second-order valence-corrected chi connectivity index (χ2v) is 18.3. The SMILES string of the molecule is CC[C@H]1OC(=O)[C@@H](C)[C@H]2OCC(=NOCc3ccc4c(c3)nnn4C)CO[C@](C)(C[C@@H](C)C3=NCCN4C(=O)O[C@@]1(C)[C@H]4[C@H]3C)[C@H](O[C@H]1O[C@@H](C)C[C@@H](N(C)C)[C@@H]1O)[C@H]2C. The van der Waals surface area contributed by atoms with Gasteiger partial charge in [0.25, 0.3) is 0 Å². The molecule has 5 aliphatic rings. The van der Waals surface area contributed by atoms with Gasteiger partial charge in [-0.1, -0.05) is 44.1 Å². The van der Waals surface area contributed by atoms with Crippen molar-refractivity contribution >= 4 is 34.5 Å². The molecule has 17 nitrogen and oxygen atoms in total. The molecule has 7 rings (SSSR count). The number of fused-ring (bicyclic) bond motifs is 5. The third kappa shape index (κ3) is 8.41. The number of esters is 1. The van der Waals surface area contributed by atoms with Crippen molar-refractivity contribution in [3.05, 3.63) is 23.8 Å². The number of aliphatic imine (C=N–C) groups is 1. The van der Waals surface area contributed by atoms with Crippen molar-refractivity contribution in [2.45, 2.75) is 141 Å². The van der Waals surface area contributed by atoms with Crippen LogP contribution in [0.15, 0.2) is 28.3 Å². The van der Waals surface area contributed by atoms with Gasteiger partial charge in [-0.3, -0.25) is 14.7 Å². The van der Waals surface area contributed by atoms with E-state index in [4.69, 9.17) is 38.3 Å². The number of cyclic esters (lactones) is 1. The van der Waals surface area contributed by atoms with E-state index < -0.39 is 71.8 Å². The van der Waals surface area contributed by atoms with E-state index in [2.05, 4.69) is 29.3 Å². The molecule has 4 saturated heterocycles. The highest BCUT2D eigenvalue weighted by atomic mass is 16.7. The highest BCUT2D eigenvalue weighted by molar-refractivity contribution is 5.91. The molecular weight excluding hydrogens is 775 g/mol. The van der Waals surface area contributed by atoms with Gasteiger partial charge in [0.15, 0.2) is 11.9 Å². The summed E-state index contributed by atoms with van der Waals surface area (Å²) in [7, 11) is 5.71. The van der Waals surface area contributed by atoms with E-state index in [9.17, 15) is 14.7 Å². The first kappa shape index (κ1) is 44.3. The molecule has 4 fully saturated rings. The topological polar surface area (TPSA) is 181 Å². The highest BCUT2D eigenvalue weighted by Gasteiger charge is 2.60. The van der Waals surface area contributed by atoms with E-state index >= 15 is 0 Å². The van der Waals surface area contributed by atoms with Crippen molar-refractivity contribution in [1.29, 1.82) is 0 Å². The van der Waals surface area contributed by atoms with Crippen LogP contribution in [0.5, 0.6) is 0 Å². The Labute approximate surface area is 353 Å². The number of rotatable bonds is 7. The number of aryl methyl sites for hydroxylation is 1. The van der Waals surface area contributed by atoms with Crippen molar-refractivity contribution < 1.29 is 48.0 Å². The summed E-state index contributed by atoms with van der Waals surface area (Å²) in [6, 6.07) is 5.14. The second-order valence-electron chi connectivity index (χ2n) is 18.3. The van der Waals surface area contributed by atoms with Crippen molar-refractivity contribution in [2.75, 3.05) is 40.4 Å². The first-order chi connectivity index (χ1) is 28.4. The van der Waals surface area contributed by atoms with Crippen LogP contribution in [-0.4, -0.2) is 154 Å². The Morgan fingerprint density at radius 1 is 1.08 bits per heavy atom. The Kier molecular flexibility index (Phi) is 13.0. The lowest BCUT2D eigenvalue weighted by Crippen LogP contribution is -2.60. The highest BCUT2D eigenvalue weighted by Crippen LogP contribution is 2.45. The summed E-state index contributed by atoms with van der Waals surface area (Å²) in [5.74, 6) is -2.27. The van der Waals surface area contributed by atoms with Crippen LogP contribution in [0.25, 0.3) is 11.0 Å². The Bertz CT molecular complexity index is 1940. The molecule has 14 atom stereocenters. The number of hydrogen-bond acceptors (Lipinski definition) is 15. The maximum atomic E-state index is 14.5. The van der Waals surface area contributed by atoms with Gasteiger partial charge >= 0.3 is 12.1 Å². The molecule has 332 valence electrons. The van der Waals surface area contributed by atoms with Gasteiger partial charge in [-0.25, -0.2) is 9.48 Å². The minimum absolute atomic E-state index is 0.0101. The normalized spacial score (nSPS) is 40.0. The number of amides is 1. The van der Waals surface area contributed by atoms with Crippen LogP contribution in [0.4, 0.5) is 4.79 Å². The van der Waals surface area contributed by atoms with Gasteiger partial charge in [-0.15, -0.1) is 5.10 Å². The van der Waals surface area contributed by atoms with Crippen LogP contribution in [0, 0.1) is 23.7 Å². The van der Waals surface area contributed by atoms with Crippen LogP contribution < -0.4 is 0 Å². The molecule has 0 radical (unpaired) electrons. The summed E-state index contributed by atoms with van der Waals surface area (Å²) in [5, 5.41) is 24.7. The fourth-order valence-electron chi connectivity index (χ4n) is 10.6. The third-order valence-corrected chi connectivity index (χ3v) is 13.7. The predicted molar refractivity (Wildman–Crippen MR) is 221 cm³/mol. The number of benzene rings is 1. The zero-order valence-corrected chi connectivity index (χ0v) is 37.1. The van der Waals surface area contributed by atoms with Crippen LogP contribution >= 0.6 is 0 Å². The van der Waals surface area contributed by atoms with Gasteiger partial charge in [0.1, 0.15) is 30.0 Å². The van der Waals surface area contributed by atoms with E-state index in [1.807, 2.05) is 78.9 Å². The summed E-state index contributed by atoms with van der Waals surface area (Å²) >= 11 is 0. The molecule has 17 heteroatoms. The van der Waals surface area contributed by atoms with Crippen LogP contribution in [-0.2, 0) is 51.7 Å². The molecule has 1 aromatic heterocycles. The monoisotopic (exact) mass is 839 g/mol. The van der Waals surface area contributed by atoms with Gasteiger partial charge in [-0.05, 0) is 84.7 Å². The number of ether oxygens (including phenoxy) is 6. The van der Waals surface area contributed by atoms with E-state index in [1.54, 1.807) is 16.5 Å². The number of hydrogen-bond donors (Lipinski definition) is 1. The van der Waals surface area contributed by atoms with Crippen molar-refractivity contribution in [2.24, 2.45) is 40.9 Å². The summed E-state index contributed by atoms with van der Waals surface area (Å²) in [6.07, 6.45) is -3.47. The average molecular weight is 840 g/mol. The molecule has 2 aromatic rings. The largest absolute Gasteiger partial charge is 0.458 e. The molecule has 6 heterocycles. The number of oxime groups is 1. The first-order valence-electron chi connectivity index (χ1n) is 21.6. The summed E-state index contributed by atoms with van der Waals surface area (Å²) in [4.78, 5) is 42.9. The molecule has 1 N–H and O–H groups in total. The fraction of sp³-hybridized carbons (Fsp3) is 0.767. The van der Waals surface area contributed by atoms with E-state index in [0.717, 1.165) is 22.3 Å². The van der Waals surface area contributed by atoms with Gasteiger partial charge in [-0.2, -0.15) is 0 Å². The summed E-state index contributed by atoms with van der Waals surface area (Å²) in [6.45, 7) is 16.7. The lowest BCUT2D eigenvalue weighted by molar-refractivity contribution is -0.302.